The Balaban J connectivity index is 1.99. The lowest BCUT2D eigenvalue weighted by Gasteiger charge is -2.09. The molecule has 3 rings (SSSR count). The van der Waals surface area contributed by atoms with E-state index in [-0.39, 0.29) is 11.4 Å². The van der Waals surface area contributed by atoms with Gasteiger partial charge < -0.3 is 20.1 Å². The molecule has 0 saturated carbocycles. The Morgan fingerprint density at radius 3 is 2.67 bits per heavy atom. The number of aromatic nitrogens is 2. The predicted molar refractivity (Wildman–Crippen MR) is 96.8 cm³/mol. The minimum absolute atomic E-state index is 0.0886. The maximum atomic E-state index is 10.6. The lowest BCUT2D eigenvalue weighted by atomic mass is 10.0. The van der Waals surface area contributed by atoms with E-state index in [4.69, 9.17) is 20.1 Å². The zero-order chi connectivity index (χ0) is 19.4. The molecule has 0 aliphatic rings. The molecule has 3 aromatic rings. The number of nitrogens with two attached hydrogens (primary N) is 1. The molecule has 2 heterocycles. The number of pyridine rings is 1. The fourth-order valence-electron chi connectivity index (χ4n) is 2.50. The Morgan fingerprint density at radius 2 is 2.07 bits per heavy atom. The standard InChI is InChI=1S/C19H16N4O4/c1-2-12-7-17(27-23-12)14-8-16(22-19(21)15(14)9-20)11-3-5-13(6-4-11)26-10-18(24)25/h3-8H,2,10H2,1H3,(H2,21,22)(H,24,25). The molecular formula is C19H16N4O4. The fraction of sp³-hybridized carbons (Fsp3) is 0.158. The van der Waals surface area contributed by atoms with Crippen LogP contribution in [0, 0.1) is 11.3 Å². The molecule has 0 radical (unpaired) electrons. The van der Waals surface area contributed by atoms with Crippen LogP contribution in [0.4, 0.5) is 5.82 Å². The summed E-state index contributed by atoms with van der Waals surface area (Å²) >= 11 is 0. The van der Waals surface area contributed by atoms with E-state index in [1.165, 1.54) is 0 Å². The van der Waals surface area contributed by atoms with Crippen LogP contribution in [0.3, 0.4) is 0 Å². The summed E-state index contributed by atoms with van der Waals surface area (Å²) in [7, 11) is 0. The van der Waals surface area contributed by atoms with Crippen LogP contribution in [0.15, 0.2) is 40.9 Å². The molecule has 27 heavy (non-hydrogen) atoms. The second-order valence-corrected chi connectivity index (χ2v) is 5.67. The van der Waals surface area contributed by atoms with Gasteiger partial charge in [-0.2, -0.15) is 5.26 Å². The maximum absolute atomic E-state index is 10.6. The first-order valence-electron chi connectivity index (χ1n) is 8.13. The molecule has 0 spiro atoms. The molecule has 1 aromatic carbocycles. The molecule has 3 N–H and O–H groups in total. The normalized spacial score (nSPS) is 10.4. The molecule has 0 amide bonds. The monoisotopic (exact) mass is 364 g/mol. The molecule has 0 unspecified atom stereocenters. The van der Waals surface area contributed by atoms with Crippen LogP contribution in [-0.2, 0) is 11.2 Å². The summed E-state index contributed by atoms with van der Waals surface area (Å²) in [6, 6.07) is 12.3. The molecule has 136 valence electrons. The van der Waals surface area contributed by atoms with Crippen molar-refractivity contribution in [2.45, 2.75) is 13.3 Å². The van der Waals surface area contributed by atoms with Crippen LogP contribution in [0.2, 0.25) is 0 Å². The van der Waals surface area contributed by atoms with E-state index >= 15 is 0 Å². The Labute approximate surface area is 154 Å². The number of benzene rings is 1. The summed E-state index contributed by atoms with van der Waals surface area (Å²) in [4.78, 5) is 14.9. The lowest BCUT2D eigenvalue weighted by Crippen LogP contribution is -2.09. The van der Waals surface area contributed by atoms with Crippen LogP contribution in [0.5, 0.6) is 5.75 Å². The molecule has 0 atom stereocenters. The molecule has 8 heteroatoms. The average molecular weight is 364 g/mol. The van der Waals surface area contributed by atoms with Gasteiger partial charge in [-0.15, -0.1) is 0 Å². The van der Waals surface area contributed by atoms with Gasteiger partial charge in [0.2, 0.25) is 0 Å². The summed E-state index contributed by atoms with van der Waals surface area (Å²) in [5.74, 6) is -0.0969. The number of nitrogens with zero attached hydrogens (tertiary/aromatic N) is 3. The number of rotatable bonds is 6. The molecule has 2 aromatic heterocycles. The van der Waals surface area contributed by atoms with E-state index in [2.05, 4.69) is 16.2 Å². The number of hydrogen-bond acceptors (Lipinski definition) is 7. The number of anilines is 1. The second-order valence-electron chi connectivity index (χ2n) is 5.67. The summed E-state index contributed by atoms with van der Waals surface area (Å²) in [6.07, 6.45) is 0.705. The largest absolute Gasteiger partial charge is 0.482 e. The van der Waals surface area contributed by atoms with Crippen LogP contribution < -0.4 is 10.5 Å². The van der Waals surface area contributed by atoms with Gasteiger partial charge >= 0.3 is 5.97 Å². The third-order valence-electron chi connectivity index (χ3n) is 3.86. The summed E-state index contributed by atoms with van der Waals surface area (Å²) in [5, 5.41) is 22.0. The third-order valence-corrected chi connectivity index (χ3v) is 3.86. The zero-order valence-electron chi connectivity index (χ0n) is 14.5. The van der Waals surface area contributed by atoms with E-state index in [9.17, 15) is 10.1 Å². The van der Waals surface area contributed by atoms with Crippen molar-refractivity contribution in [1.82, 2.24) is 10.1 Å². The van der Waals surface area contributed by atoms with Gasteiger partial charge in [-0.3, -0.25) is 0 Å². The summed E-state index contributed by atoms with van der Waals surface area (Å²) in [6.45, 7) is 1.53. The highest BCUT2D eigenvalue weighted by Gasteiger charge is 2.17. The number of aryl methyl sites for hydroxylation is 1. The highest BCUT2D eigenvalue weighted by atomic mass is 16.5. The van der Waals surface area contributed by atoms with E-state index in [0.29, 0.717) is 29.2 Å². The van der Waals surface area contributed by atoms with Gasteiger partial charge in [0.15, 0.2) is 12.4 Å². The zero-order valence-corrected chi connectivity index (χ0v) is 14.5. The minimum atomic E-state index is -1.05. The fourth-order valence-corrected chi connectivity index (χ4v) is 2.50. The minimum Gasteiger partial charge on any atom is -0.482 e. The van der Waals surface area contributed by atoms with Gasteiger partial charge in [0.05, 0.1) is 11.4 Å². The highest BCUT2D eigenvalue weighted by molar-refractivity contribution is 5.78. The van der Waals surface area contributed by atoms with E-state index in [1.807, 2.05) is 6.92 Å². The molecule has 0 aliphatic heterocycles. The number of carbonyl (C=O) groups is 1. The van der Waals surface area contributed by atoms with Crippen molar-refractivity contribution in [3.63, 3.8) is 0 Å². The quantitative estimate of drug-likeness (QED) is 0.681. The Hall–Kier alpha value is -3.86. The predicted octanol–water partition coefficient (Wildman–Crippen LogP) is 2.88. The second kappa shape index (κ2) is 7.58. The number of nitriles is 1. The van der Waals surface area contributed by atoms with Crippen molar-refractivity contribution in [2.24, 2.45) is 0 Å². The maximum Gasteiger partial charge on any atom is 0.341 e. The Kier molecular flexibility index (Phi) is 5.04. The van der Waals surface area contributed by atoms with Gasteiger partial charge in [-0.1, -0.05) is 12.1 Å². The molecule has 0 saturated heterocycles. The third kappa shape index (κ3) is 3.88. The highest BCUT2D eigenvalue weighted by Crippen LogP contribution is 2.32. The lowest BCUT2D eigenvalue weighted by molar-refractivity contribution is -0.139. The van der Waals surface area contributed by atoms with Crippen LogP contribution in [-0.4, -0.2) is 27.8 Å². The van der Waals surface area contributed by atoms with Crippen molar-refractivity contribution < 1.29 is 19.2 Å². The van der Waals surface area contributed by atoms with E-state index in [1.54, 1.807) is 36.4 Å². The van der Waals surface area contributed by atoms with Crippen LogP contribution in [0.25, 0.3) is 22.6 Å². The number of nitrogen functional groups attached to an aromatic ring is 1. The average Bonchev–Trinajstić information content (AvgIpc) is 3.15. The van der Waals surface area contributed by atoms with Crippen molar-refractivity contribution in [3.8, 4) is 34.4 Å². The van der Waals surface area contributed by atoms with Crippen molar-refractivity contribution in [2.75, 3.05) is 12.3 Å². The van der Waals surface area contributed by atoms with Gasteiger partial charge in [0, 0.05) is 17.2 Å². The molecule has 0 aliphatic carbocycles. The molecular weight excluding hydrogens is 348 g/mol. The van der Waals surface area contributed by atoms with Crippen molar-refractivity contribution in [1.29, 1.82) is 5.26 Å². The molecule has 0 fully saturated rings. The first kappa shape index (κ1) is 17.9. The topological polar surface area (TPSA) is 135 Å². The van der Waals surface area contributed by atoms with E-state index < -0.39 is 12.6 Å². The summed E-state index contributed by atoms with van der Waals surface area (Å²) < 4.78 is 10.5. The number of ether oxygens (including phenoxy) is 1. The smallest absolute Gasteiger partial charge is 0.341 e. The van der Waals surface area contributed by atoms with Crippen molar-refractivity contribution >= 4 is 11.8 Å². The number of aliphatic carboxylic acids is 1. The van der Waals surface area contributed by atoms with E-state index in [0.717, 1.165) is 11.3 Å². The van der Waals surface area contributed by atoms with Crippen LogP contribution >= 0.6 is 0 Å². The Morgan fingerprint density at radius 1 is 1.33 bits per heavy atom. The Bertz CT molecular complexity index is 1020. The van der Waals surface area contributed by atoms with Gasteiger partial charge in [0.1, 0.15) is 23.2 Å². The number of carboxylic acids is 1. The molecule has 0 bridgehead atoms. The SMILES string of the molecule is CCc1cc(-c2cc(-c3ccc(OCC(=O)O)cc3)nc(N)c2C#N)on1. The first-order chi connectivity index (χ1) is 13.0. The number of carboxylic acid groups (broad SMARTS) is 1. The van der Waals surface area contributed by atoms with Crippen LogP contribution in [0.1, 0.15) is 18.2 Å². The molecule has 8 nitrogen and oxygen atoms in total. The van der Waals surface area contributed by atoms with Gasteiger partial charge in [-0.25, -0.2) is 9.78 Å². The van der Waals surface area contributed by atoms with Gasteiger partial charge in [0.25, 0.3) is 0 Å². The summed E-state index contributed by atoms with van der Waals surface area (Å²) in [5.41, 5.74) is 8.74. The van der Waals surface area contributed by atoms with Crippen molar-refractivity contribution in [3.05, 3.63) is 47.7 Å². The number of hydrogen-bond donors (Lipinski definition) is 2. The van der Waals surface area contributed by atoms with Gasteiger partial charge in [-0.05, 0) is 36.8 Å². The first-order valence-corrected chi connectivity index (χ1v) is 8.13.